The molecule has 8 nitrogen and oxygen atoms in total. The molecular formula is C11H8N4O4S. The van der Waals surface area contributed by atoms with Crippen LogP contribution in [0, 0.1) is 0 Å². The fraction of sp³-hybridized carbons (Fsp3) is 0. The maximum absolute atomic E-state index is 12.1. The molecule has 0 aliphatic carbocycles. The molecule has 0 unspecified atom stereocenters. The van der Waals surface area contributed by atoms with Gasteiger partial charge < -0.3 is 4.42 Å². The highest BCUT2D eigenvalue weighted by Crippen LogP contribution is 2.18. The van der Waals surface area contributed by atoms with Crippen LogP contribution >= 0.6 is 0 Å². The van der Waals surface area contributed by atoms with Gasteiger partial charge in [0.2, 0.25) is 5.95 Å². The van der Waals surface area contributed by atoms with Crippen molar-refractivity contribution >= 4 is 27.1 Å². The topological polar surface area (TPSA) is 118 Å². The van der Waals surface area contributed by atoms with Gasteiger partial charge in [-0.25, -0.2) is 27.9 Å². The van der Waals surface area contributed by atoms with Crippen molar-refractivity contribution in [2.24, 2.45) is 0 Å². The summed E-state index contributed by atoms with van der Waals surface area (Å²) >= 11 is 0. The third-order valence-corrected chi connectivity index (χ3v) is 3.82. The lowest BCUT2D eigenvalue weighted by molar-refractivity contribution is 0.555. The molecule has 2 aromatic heterocycles. The maximum Gasteiger partial charge on any atom is 0.417 e. The first-order chi connectivity index (χ1) is 9.54. The summed E-state index contributed by atoms with van der Waals surface area (Å²) in [7, 11) is -3.83. The van der Waals surface area contributed by atoms with Crippen LogP contribution in [0.1, 0.15) is 0 Å². The molecule has 0 saturated carbocycles. The summed E-state index contributed by atoms with van der Waals surface area (Å²) in [5.74, 6) is -0.679. The molecule has 0 spiro atoms. The van der Waals surface area contributed by atoms with Crippen molar-refractivity contribution in [3.05, 3.63) is 47.2 Å². The number of fused-ring (bicyclic) bond motifs is 1. The minimum absolute atomic E-state index is 0.0329. The molecule has 102 valence electrons. The van der Waals surface area contributed by atoms with Crippen LogP contribution in [-0.2, 0) is 10.0 Å². The summed E-state index contributed by atoms with van der Waals surface area (Å²) in [5, 5.41) is 0. The van der Waals surface area contributed by atoms with Gasteiger partial charge in [0, 0.05) is 12.4 Å². The first-order valence-electron chi connectivity index (χ1n) is 5.47. The number of rotatable bonds is 3. The van der Waals surface area contributed by atoms with E-state index >= 15 is 0 Å². The fourth-order valence-electron chi connectivity index (χ4n) is 1.63. The molecule has 0 amide bonds. The summed E-state index contributed by atoms with van der Waals surface area (Å²) in [6.07, 6.45) is 2.84. The van der Waals surface area contributed by atoms with Gasteiger partial charge in [-0.2, -0.15) is 0 Å². The Morgan fingerprint density at radius 2 is 1.95 bits per heavy atom. The number of aromatic nitrogens is 3. The minimum atomic E-state index is -3.83. The van der Waals surface area contributed by atoms with E-state index in [4.69, 9.17) is 4.42 Å². The molecule has 3 rings (SSSR count). The zero-order valence-electron chi connectivity index (χ0n) is 9.90. The van der Waals surface area contributed by atoms with Crippen molar-refractivity contribution < 1.29 is 12.8 Å². The molecule has 2 heterocycles. The molecule has 9 heteroatoms. The van der Waals surface area contributed by atoms with Crippen molar-refractivity contribution in [2.75, 3.05) is 4.72 Å². The van der Waals surface area contributed by atoms with Crippen LogP contribution in [0.3, 0.4) is 0 Å². The van der Waals surface area contributed by atoms with Gasteiger partial charge in [0.15, 0.2) is 5.58 Å². The van der Waals surface area contributed by atoms with Crippen molar-refractivity contribution in [2.45, 2.75) is 4.90 Å². The normalized spacial score (nSPS) is 11.6. The second-order valence-corrected chi connectivity index (χ2v) is 5.53. The first-order valence-corrected chi connectivity index (χ1v) is 6.96. The molecule has 2 N–H and O–H groups in total. The minimum Gasteiger partial charge on any atom is -0.408 e. The quantitative estimate of drug-likeness (QED) is 0.734. The van der Waals surface area contributed by atoms with Crippen LogP contribution in [0.15, 0.2) is 50.8 Å². The van der Waals surface area contributed by atoms with Crippen LogP contribution in [0.4, 0.5) is 5.95 Å². The molecular weight excluding hydrogens is 284 g/mol. The molecule has 0 aliphatic rings. The van der Waals surface area contributed by atoms with Gasteiger partial charge in [-0.05, 0) is 24.3 Å². The number of hydrogen-bond acceptors (Lipinski definition) is 6. The molecule has 1 aromatic carbocycles. The number of oxazole rings is 1. The predicted octanol–water partition coefficient (Wildman–Crippen LogP) is 0.712. The second kappa shape index (κ2) is 4.46. The highest BCUT2D eigenvalue weighted by atomic mass is 32.2. The van der Waals surface area contributed by atoms with Crippen molar-refractivity contribution in [1.82, 2.24) is 15.0 Å². The molecule has 20 heavy (non-hydrogen) atoms. The number of nitrogens with zero attached hydrogens (tertiary/aromatic N) is 2. The Kier molecular flexibility index (Phi) is 2.75. The van der Waals surface area contributed by atoms with E-state index in [-0.39, 0.29) is 16.4 Å². The maximum atomic E-state index is 12.1. The Balaban J connectivity index is 2.02. The highest BCUT2D eigenvalue weighted by Gasteiger charge is 2.16. The lowest BCUT2D eigenvalue weighted by Gasteiger charge is -2.05. The summed E-state index contributed by atoms with van der Waals surface area (Å²) < 4.78 is 31.3. The Bertz CT molecular complexity index is 914. The highest BCUT2D eigenvalue weighted by molar-refractivity contribution is 7.92. The average molecular weight is 292 g/mol. The van der Waals surface area contributed by atoms with Gasteiger partial charge in [-0.1, -0.05) is 0 Å². The van der Waals surface area contributed by atoms with Crippen LogP contribution in [-0.4, -0.2) is 23.4 Å². The summed E-state index contributed by atoms with van der Waals surface area (Å²) in [6, 6.07) is 5.59. The second-order valence-electron chi connectivity index (χ2n) is 3.85. The molecule has 0 radical (unpaired) electrons. The molecule has 0 atom stereocenters. The third-order valence-electron chi connectivity index (χ3n) is 2.49. The molecule has 0 saturated heterocycles. The molecule has 0 bridgehead atoms. The Morgan fingerprint density at radius 3 is 2.70 bits per heavy atom. The zero-order chi connectivity index (χ0) is 14.2. The van der Waals surface area contributed by atoms with E-state index in [1.54, 1.807) is 6.07 Å². The monoisotopic (exact) mass is 292 g/mol. The number of H-pyrrole nitrogens is 1. The largest absolute Gasteiger partial charge is 0.417 e. The van der Waals surface area contributed by atoms with Gasteiger partial charge >= 0.3 is 5.76 Å². The van der Waals surface area contributed by atoms with Gasteiger partial charge in [-0.3, -0.25) is 4.98 Å². The van der Waals surface area contributed by atoms with Gasteiger partial charge in [0.05, 0.1) is 10.4 Å². The van der Waals surface area contributed by atoms with Crippen LogP contribution in [0.2, 0.25) is 0 Å². The number of aromatic amines is 1. The Morgan fingerprint density at radius 1 is 1.20 bits per heavy atom. The summed E-state index contributed by atoms with van der Waals surface area (Å²) in [5.41, 5.74) is 0.580. The van der Waals surface area contributed by atoms with Crippen molar-refractivity contribution in [3.63, 3.8) is 0 Å². The van der Waals surface area contributed by atoms with E-state index in [1.807, 2.05) is 0 Å². The van der Waals surface area contributed by atoms with Gasteiger partial charge in [0.1, 0.15) is 0 Å². The van der Waals surface area contributed by atoms with E-state index in [2.05, 4.69) is 19.7 Å². The van der Waals surface area contributed by atoms with Crippen LogP contribution in [0.5, 0.6) is 0 Å². The Labute approximate surface area is 112 Å². The van der Waals surface area contributed by atoms with E-state index in [0.717, 1.165) is 0 Å². The smallest absolute Gasteiger partial charge is 0.408 e. The third kappa shape index (κ3) is 2.26. The van der Waals surface area contributed by atoms with Gasteiger partial charge in [0.25, 0.3) is 10.0 Å². The number of nitrogens with one attached hydrogen (secondary N) is 2. The van der Waals surface area contributed by atoms with Crippen LogP contribution in [0.25, 0.3) is 11.1 Å². The SMILES string of the molecule is O=c1[nH]c2cc(S(=O)(=O)Nc3ncccn3)ccc2o1. The summed E-state index contributed by atoms with van der Waals surface area (Å²) in [6.45, 7) is 0. The molecule has 3 aromatic rings. The van der Waals surface area contributed by atoms with E-state index in [9.17, 15) is 13.2 Å². The standard InChI is InChI=1S/C11H8N4O4S/c16-11-14-8-6-7(2-3-9(8)19-11)20(17,18)15-10-12-4-1-5-13-10/h1-6H,(H,14,16)(H,12,13,15). The van der Waals surface area contributed by atoms with Crippen molar-refractivity contribution in [1.29, 1.82) is 0 Å². The zero-order valence-corrected chi connectivity index (χ0v) is 10.7. The van der Waals surface area contributed by atoms with E-state index < -0.39 is 15.8 Å². The molecule has 0 aliphatic heterocycles. The number of benzene rings is 1. The number of sulfonamides is 1. The predicted molar refractivity (Wildman–Crippen MR) is 69.7 cm³/mol. The summed E-state index contributed by atoms with van der Waals surface area (Å²) in [4.78, 5) is 20.9. The first kappa shape index (κ1) is 12.4. The van der Waals surface area contributed by atoms with E-state index in [0.29, 0.717) is 5.52 Å². The number of anilines is 1. The van der Waals surface area contributed by atoms with E-state index in [1.165, 1.54) is 30.6 Å². The van der Waals surface area contributed by atoms with Crippen LogP contribution < -0.4 is 10.5 Å². The fourth-order valence-corrected chi connectivity index (χ4v) is 2.61. The lowest BCUT2D eigenvalue weighted by atomic mass is 10.3. The average Bonchev–Trinajstić information content (AvgIpc) is 2.78. The van der Waals surface area contributed by atoms with Gasteiger partial charge in [-0.15, -0.1) is 0 Å². The Hall–Kier alpha value is -2.68. The molecule has 0 fully saturated rings. The number of hydrogen-bond donors (Lipinski definition) is 2. The lowest BCUT2D eigenvalue weighted by Crippen LogP contribution is -2.14. The van der Waals surface area contributed by atoms with Crippen molar-refractivity contribution in [3.8, 4) is 0 Å².